The standard InChI is InChI=1S/C14H16FNO5/c1-20-12(17)7-8-16(9-13(18)21-2)14(19)10-3-5-11(15)6-4-10/h3-6H,7-9H2,1-2H3. The molecular weight excluding hydrogens is 281 g/mol. The van der Waals surface area contributed by atoms with Gasteiger partial charge in [0, 0.05) is 12.1 Å². The summed E-state index contributed by atoms with van der Waals surface area (Å²) in [7, 11) is 2.43. The van der Waals surface area contributed by atoms with E-state index in [9.17, 15) is 18.8 Å². The van der Waals surface area contributed by atoms with Crippen LogP contribution in [-0.4, -0.2) is 50.1 Å². The number of esters is 2. The van der Waals surface area contributed by atoms with Crippen LogP contribution < -0.4 is 0 Å². The van der Waals surface area contributed by atoms with E-state index in [2.05, 4.69) is 9.47 Å². The summed E-state index contributed by atoms with van der Waals surface area (Å²) in [4.78, 5) is 35.9. The highest BCUT2D eigenvalue weighted by molar-refractivity contribution is 5.96. The number of rotatable bonds is 6. The molecule has 0 aromatic heterocycles. The first kappa shape index (κ1) is 16.6. The van der Waals surface area contributed by atoms with Crippen molar-refractivity contribution < 1.29 is 28.2 Å². The molecule has 1 rings (SSSR count). The van der Waals surface area contributed by atoms with Crippen LogP contribution in [-0.2, 0) is 19.1 Å². The first-order valence-electron chi connectivity index (χ1n) is 6.16. The summed E-state index contributed by atoms with van der Waals surface area (Å²) in [5, 5.41) is 0. The average molecular weight is 297 g/mol. The lowest BCUT2D eigenvalue weighted by Gasteiger charge is -2.21. The van der Waals surface area contributed by atoms with E-state index >= 15 is 0 Å². The van der Waals surface area contributed by atoms with E-state index < -0.39 is 23.7 Å². The Kier molecular flexibility index (Phi) is 6.32. The molecule has 0 fully saturated rings. The Labute approximate surface area is 121 Å². The number of halogens is 1. The van der Waals surface area contributed by atoms with E-state index in [0.29, 0.717) is 0 Å². The maximum absolute atomic E-state index is 12.9. The predicted molar refractivity (Wildman–Crippen MR) is 71.0 cm³/mol. The molecule has 0 atom stereocenters. The van der Waals surface area contributed by atoms with Crippen LogP contribution >= 0.6 is 0 Å². The molecule has 0 saturated heterocycles. The van der Waals surface area contributed by atoms with Gasteiger partial charge in [0.05, 0.1) is 20.6 Å². The third kappa shape index (κ3) is 5.21. The molecular formula is C14H16FNO5. The number of amides is 1. The van der Waals surface area contributed by atoms with Crippen molar-refractivity contribution in [3.05, 3.63) is 35.6 Å². The zero-order valence-electron chi connectivity index (χ0n) is 11.8. The molecule has 1 amide bonds. The summed E-state index contributed by atoms with van der Waals surface area (Å²) < 4.78 is 21.9. The Morgan fingerprint density at radius 3 is 2.14 bits per heavy atom. The molecule has 1 aromatic carbocycles. The monoisotopic (exact) mass is 297 g/mol. The van der Waals surface area contributed by atoms with Crippen LogP contribution in [0.4, 0.5) is 4.39 Å². The van der Waals surface area contributed by atoms with E-state index in [-0.39, 0.29) is 25.1 Å². The van der Waals surface area contributed by atoms with Crippen molar-refractivity contribution in [3.8, 4) is 0 Å². The fourth-order valence-electron chi connectivity index (χ4n) is 1.58. The number of nitrogens with zero attached hydrogens (tertiary/aromatic N) is 1. The molecule has 1 aromatic rings. The smallest absolute Gasteiger partial charge is 0.325 e. The summed E-state index contributed by atoms with van der Waals surface area (Å²) >= 11 is 0. The molecule has 0 heterocycles. The molecule has 21 heavy (non-hydrogen) atoms. The van der Waals surface area contributed by atoms with Gasteiger partial charge >= 0.3 is 11.9 Å². The highest BCUT2D eigenvalue weighted by Gasteiger charge is 2.20. The molecule has 0 spiro atoms. The quantitative estimate of drug-likeness (QED) is 0.733. The van der Waals surface area contributed by atoms with Crippen molar-refractivity contribution >= 4 is 17.8 Å². The molecule has 7 heteroatoms. The lowest BCUT2D eigenvalue weighted by molar-refractivity contribution is -0.143. The minimum Gasteiger partial charge on any atom is -0.469 e. The SMILES string of the molecule is COC(=O)CCN(CC(=O)OC)C(=O)c1ccc(F)cc1. The van der Waals surface area contributed by atoms with E-state index in [4.69, 9.17) is 0 Å². The average Bonchev–Trinajstić information content (AvgIpc) is 2.50. The van der Waals surface area contributed by atoms with Crippen LogP contribution in [0.2, 0.25) is 0 Å². The number of hydrogen-bond donors (Lipinski definition) is 0. The number of methoxy groups -OCH3 is 2. The Morgan fingerprint density at radius 1 is 1.05 bits per heavy atom. The van der Waals surface area contributed by atoms with E-state index in [0.717, 1.165) is 17.0 Å². The van der Waals surface area contributed by atoms with Crippen LogP contribution in [0.3, 0.4) is 0 Å². The third-order valence-corrected chi connectivity index (χ3v) is 2.74. The second kappa shape index (κ2) is 7.98. The Hall–Kier alpha value is -2.44. The van der Waals surface area contributed by atoms with Gasteiger partial charge in [0.1, 0.15) is 12.4 Å². The van der Waals surface area contributed by atoms with Crippen LogP contribution in [0.5, 0.6) is 0 Å². The summed E-state index contributed by atoms with van der Waals surface area (Å²) in [6.07, 6.45) is -0.0551. The maximum Gasteiger partial charge on any atom is 0.325 e. The second-order valence-electron chi connectivity index (χ2n) is 4.14. The van der Waals surface area contributed by atoms with Gasteiger partial charge in [0.25, 0.3) is 5.91 Å². The number of benzene rings is 1. The van der Waals surface area contributed by atoms with E-state index in [1.165, 1.54) is 26.4 Å². The first-order valence-corrected chi connectivity index (χ1v) is 6.16. The first-order chi connectivity index (χ1) is 9.97. The van der Waals surface area contributed by atoms with Crippen LogP contribution in [0.25, 0.3) is 0 Å². The van der Waals surface area contributed by atoms with Gasteiger partial charge in [-0.25, -0.2) is 4.39 Å². The van der Waals surface area contributed by atoms with Crippen LogP contribution in [0, 0.1) is 5.82 Å². The van der Waals surface area contributed by atoms with Gasteiger partial charge in [0.15, 0.2) is 0 Å². The van der Waals surface area contributed by atoms with Crippen molar-refractivity contribution in [2.45, 2.75) is 6.42 Å². The molecule has 0 radical (unpaired) electrons. The van der Waals surface area contributed by atoms with Crippen LogP contribution in [0.15, 0.2) is 24.3 Å². The molecule has 0 saturated carbocycles. The zero-order chi connectivity index (χ0) is 15.8. The van der Waals surface area contributed by atoms with Crippen molar-refractivity contribution in [2.24, 2.45) is 0 Å². The molecule has 0 bridgehead atoms. The second-order valence-corrected chi connectivity index (χ2v) is 4.14. The maximum atomic E-state index is 12.9. The molecule has 114 valence electrons. The normalized spacial score (nSPS) is 9.86. The summed E-state index contributed by atoms with van der Waals surface area (Å²) in [5.74, 6) is -2.09. The van der Waals surface area contributed by atoms with E-state index in [1.807, 2.05) is 0 Å². The van der Waals surface area contributed by atoms with Gasteiger partial charge in [-0.15, -0.1) is 0 Å². The predicted octanol–water partition coefficient (Wildman–Crippen LogP) is 1.00. The van der Waals surface area contributed by atoms with Gasteiger partial charge < -0.3 is 14.4 Å². The van der Waals surface area contributed by atoms with Crippen molar-refractivity contribution in [1.29, 1.82) is 0 Å². The molecule has 0 aliphatic carbocycles. The van der Waals surface area contributed by atoms with Gasteiger partial charge in [-0.1, -0.05) is 0 Å². The van der Waals surface area contributed by atoms with Crippen molar-refractivity contribution in [2.75, 3.05) is 27.3 Å². The zero-order valence-corrected chi connectivity index (χ0v) is 11.8. The molecule has 0 aliphatic rings. The fourth-order valence-corrected chi connectivity index (χ4v) is 1.58. The number of ether oxygens (including phenoxy) is 2. The van der Waals surface area contributed by atoms with Gasteiger partial charge in [0.2, 0.25) is 0 Å². The summed E-state index contributed by atoms with van der Waals surface area (Å²) in [6, 6.07) is 4.90. The Bertz CT molecular complexity index is 515. The lowest BCUT2D eigenvalue weighted by atomic mass is 10.2. The Balaban J connectivity index is 2.83. The minimum atomic E-state index is -0.615. The molecule has 0 unspecified atom stereocenters. The third-order valence-electron chi connectivity index (χ3n) is 2.74. The van der Waals surface area contributed by atoms with Crippen molar-refractivity contribution in [3.63, 3.8) is 0 Å². The van der Waals surface area contributed by atoms with Gasteiger partial charge in [-0.3, -0.25) is 14.4 Å². The Morgan fingerprint density at radius 2 is 1.62 bits per heavy atom. The topological polar surface area (TPSA) is 72.9 Å². The molecule has 0 N–H and O–H groups in total. The number of carbonyl (C=O) groups excluding carboxylic acids is 3. The summed E-state index contributed by atoms with van der Waals surface area (Å²) in [5.41, 5.74) is 0.213. The highest BCUT2D eigenvalue weighted by atomic mass is 19.1. The molecule has 0 aliphatic heterocycles. The lowest BCUT2D eigenvalue weighted by Crippen LogP contribution is -2.37. The number of hydrogen-bond acceptors (Lipinski definition) is 5. The molecule has 6 nitrogen and oxygen atoms in total. The van der Waals surface area contributed by atoms with Crippen molar-refractivity contribution in [1.82, 2.24) is 4.90 Å². The minimum absolute atomic E-state index is 0.00200. The largest absolute Gasteiger partial charge is 0.469 e. The highest BCUT2D eigenvalue weighted by Crippen LogP contribution is 2.08. The van der Waals surface area contributed by atoms with Gasteiger partial charge in [-0.2, -0.15) is 0 Å². The number of carbonyl (C=O) groups is 3. The summed E-state index contributed by atoms with van der Waals surface area (Å²) in [6.45, 7) is -0.304. The van der Waals surface area contributed by atoms with Gasteiger partial charge in [-0.05, 0) is 24.3 Å². The fraction of sp³-hybridized carbons (Fsp3) is 0.357. The van der Waals surface area contributed by atoms with E-state index in [1.54, 1.807) is 0 Å². The van der Waals surface area contributed by atoms with Crippen LogP contribution in [0.1, 0.15) is 16.8 Å².